The normalized spacial score (nSPS) is 15.7. The largest absolute Gasteiger partial charge is 0.480 e. The Morgan fingerprint density at radius 3 is 2.30 bits per heavy atom. The van der Waals surface area contributed by atoms with E-state index in [9.17, 15) is 27.6 Å². The van der Waals surface area contributed by atoms with Gasteiger partial charge in [-0.1, -0.05) is 0 Å². The van der Waals surface area contributed by atoms with E-state index in [-0.39, 0.29) is 35.9 Å². The van der Waals surface area contributed by atoms with Crippen LogP contribution in [0.1, 0.15) is 12.8 Å². The fraction of sp³-hybridized carbons (Fsp3) is 0.591. The Labute approximate surface area is 226 Å². The predicted octanol–water partition coefficient (Wildman–Crippen LogP) is -0.833. The second-order valence-electron chi connectivity index (χ2n) is 7.90. The molecule has 2 atom stereocenters. The molecule has 0 saturated heterocycles. The number of carbonyl (C=O) groups excluding carboxylic acids is 2. The van der Waals surface area contributed by atoms with Gasteiger partial charge in [-0.3, -0.25) is 19.2 Å². The predicted molar refractivity (Wildman–Crippen MR) is 142 cm³/mol. The first kappa shape index (κ1) is 33.5. The molecule has 1 aliphatic carbocycles. The summed E-state index contributed by atoms with van der Waals surface area (Å²) in [4.78, 5) is 45.9. The van der Waals surface area contributed by atoms with Crippen molar-refractivity contribution in [3.05, 3.63) is 31.6 Å². The number of nitrogens with two attached hydrogens (primary N) is 1. The van der Waals surface area contributed by atoms with E-state index in [1.807, 2.05) is 25.7 Å². The Hall–Kier alpha value is -1.55. The van der Waals surface area contributed by atoms with Crippen molar-refractivity contribution in [1.82, 2.24) is 10.6 Å². The Morgan fingerprint density at radius 2 is 1.68 bits per heavy atom. The van der Waals surface area contributed by atoms with Gasteiger partial charge in [0.1, 0.15) is 18.6 Å². The van der Waals surface area contributed by atoms with Gasteiger partial charge in [0.25, 0.3) is 0 Å². The zero-order chi connectivity index (χ0) is 27.7. The van der Waals surface area contributed by atoms with Crippen molar-refractivity contribution in [3.63, 3.8) is 0 Å². The fourth-order valence-corrected chi connectivity index (χ4v) is 7.00. The summed E-state index contributed by atoms with van der Waals surface area (Å²) in [6.07, 6.45) is 7.41. The molecule has 0 aromatic heterocycles. The van der Waals surface area contributed by atoms with E-state index in [4.69, 9.17) is 20.7 Å². The number of carboxylic acid groups (broad SMARTS) is 2. The zero-order valence-corrected chi connectivity index (χ0v) is 22.7. The average Bonchev–Trinajstić information content (AvgIpc) is 3.35. The molecule has 15 heteroatoms. The third kappa shape index (κ3) is 16.8. The molecule has 6 N–H and O–H groups in total. The maximum absolute atomic E-state index is 12.3. The van der Waals surface area contributed by atoms with E-state index in [1.165, 1.54) is 11.8 Å². The van der Waals surface area contributed by atoms with Crippen LogP contribution in [-0.4, -0.2) is 109 Å². The van der Waals surface area contributed by atoms with E-state index in [0.29, 0.717) is 24.7 Å². The fourth-order valence-electron chi connectivity index (χ4n) is 2.74. The van der Waals surface area contributed by atoms with Gasteiger partial charge in [-0.2, -0.15) is 23.5 Å². The molecule has 5 radical (unpaired) electrons. The molecule has 0 bridgehead atoms. The highest BCUT2D eigenvalue weighted by Crippen LogP contribution is 2.22. The third-order valence-electron chi connectivity index (χ3n) is 4.80. The van der Waals surface area contributed by atoms with Crippen LogP contribution in [0.15, 0.2) is 0 Å². The minimum Gasteiger partial charge on any atom is -0.480 e. The second kappa shape index (κ2) is 18.7. The number of amides is 2. The average molecular weight is 581 g/mol. The molecular formula is C22H34N3O9S3. The lowest BCUT2D eigenvalue weighted by atomic mass is 10.1. The quantitative estimate of drug-likeness (QED) is 0.106. The summed E-state index contributed by atoms with van der Waals surface area (Å²) in [6.45, 7) is 0.393. The van der Waals surface area contributed by atoms with Crippen LogP contribution in [0.4, 0.5) is 0 Å². The van der Waals surface area contributed by atoms with Gasteiger partial charge < -0.3 is 31.3 Å². The molecule has 0 heterocycles. The molecule has 2 amide bonds. The zero-order valence-electron chi connectivity index (χ0n) is 20.3. The van der Waals surface area contributed by atoms with Crippen LogP contribution in [0.5, 0.6) is 0 Å². The van der Waals surface area contributed by atoms with Gasteiger partial charge in [0.2, 0.25) is 11.8 Å². The summed E-state index contributed by atoms with van der Waals surface area (Å²) in [7, 11) is -3.32. The van der Waals surface area contributed by atoms with E-state index in [0.717, 1.165) is 17.7 Å². The standard InChI is InChI=1S/C22H34N3O9S3/c23-17(22(30)31)5-6-19(26)25-18(21(29)24-13-20(27)28)15-36-10-12-37(32,33)11-9-35-8-7-34-14-16-3-1-2-4-16/h1-4,17-18H,5-15,23H2,(H,24,29)(H,25,26)(H,27,28)(H,30,31)/t17-,18-/m0/s1. The molecular weight excluding hydrogens is 546 g/mol. The first-order valence-corrected chi connectivity index (χ1v) is 15.5. The summed E-state index contributed by atoms with van der Waals surface area (Å²) in [5.41, 5.74) is 5.37. The van der Waals surface area contributed by atoms with Gasteiger partial charge in [0, 0.05) is 35.4 Å². The molecule has 0 unspecified atom stereocenters. The molecule has 37 heavy (non-hydrogen) atoms. The molecule has 0 aliphatic heterocycles. The highest BCUT2D eigenvalue weighted by atomic mass is 32.2. The van der Waals surface area contributed by atoms with Gasteiger partial charge >= 0.3 is 11.9 Å². The van der Waals surface area contributed by atoms with E-state index in [1.54, 1.807) is 0 Å². The van der Waals surface area contributed by atoms with Gasteiger partial charge in [0.15, 0.2) is 9.84 Å². The topological polar surface area (TPSA) is 202 Å². The first-order chi connectivity index (χ1) is 17.5. The minimum absolute atomic E-state index is 0.00414. The van der Waals surface area contributed by atoms with Crippen LogP contribution in [-0.2, 0) is 33.8 Å². The van der Waals surface area contributed by atoms with Crippen LogP contribution in [0.2, 0.25) is 0 Å². The van der Waals surface area contributed by atoms with Crippen molar-refractivity contribution in [2.45, 2.75) is 24.9 Å². The highest BCUT2D eigenvalue weighted by Gasteiger charge is 2.23. The van der Waals surface area contributed by atoms with E-state index >= 15 is 0 Å². The molecule has 0 spiro atoms. The smallest absolute Gasteiger partial charge is 0.322 e. The molecule has 1 saturated carbocycles. The van der Waals surface area contributed by atoms with Crippen molar-refractivity contribution in [3.8, 4) is 0 Å². The lowest BCUT2D eigenvalue weighted by Crippen LogP contribution is -2.49. The van der Waals surface area contributed by atoms with Crippen LogP contribution in [0.3, 0.4) is 0 Å². The molecule has 12 nitrogen and oxygen atoms in total. The van der Waals surface area contributed by atoms with Gasteiger partial charge in [-0.25, -0.2) is 8.42 Å². The summed E-state index contributed by atoms with van der Waals surface area (Å²) in [5, 5.41) is 22.1. The van der Waals surface area contributed by atoms with Crippen LogP contribution < -0.4 is 16.4 Å². The first-order valence-electron chi connectivity index (χ1n) is 11.4. The number of ether oxygens (including phenoxy) is 1. The van der Waals surface area contributed by atoms with Crippen LogP contribution >= 0.6 is 23.5 Å². The van der Waals surface area contributed by atoms with Gasteiger partial charge in [-0.15, -0.1) is 0 Å². The third-order valence-corrected chi connectivity index (χ3v) is 8.98. The van der Waals surface area contributed by atoms with Crippen molar-refractivity contribution in [2.75, 3.05) is 54.3 Å². The van der Waals surface area contributed by atoms with Gasteiger partial charge in [-0.05, 0) is 32.1 Å². The summed E-state index contributed by atoms with van der Waals surface area (Å²) in [5.74, 6) is -1.63. The number of carboxylic acids is 2. The number of sulfone groups is 1. The maximum Gasteiger partial charge on any atom is 0.322 e. The Bertz CT molecular complexity index is 836. The monoisotopic (exact) mass is 580 g/mol. The molecule has 1 aliphatic rings. The Kier molecular flexibility index (Phi) is 16.9. The molecule has 0 aromatic rings. The molecule has 1 fully saturated rings. The summed E-state index contributed by atoms with van der Waals surface area (Å²) in [6, 6.07) is -2.36. The summed E-state index contributed by atoms with van der Waals surface area (Å²) >= 11 is 2.61. The summed E-state index contributed by atoms with van der Waals surface area (Å²) < 4.78 is 30.1. The number of hydrogen-bond donors (Lipinski definition) is 5. The van der Waals surface area contributed by atoms with Crippen LogP contribution in [0, 0.1) is 31.6 Å². The number of nitrogens with one attached hydrogen (secondary N) is 2. The lowest BCUT2D eigenvalue weighted by molar-refractivity contribution is -0.139. The Morgan fingerprint density at radius 1 is 1.03 bits per heavy atom. The van der Waals surface area contributed by atoms with Crippen molar-refractivity contribution >= 4 is 57.1 Å². The molecule has 0 aromatic carbocycles. The van der Waals surface area contributed by atoms with Crippen LogP contribution in [0.25, 0.3) is 0 Å². The minimum atomic E-state index is -3.32. The van der Waals surface area contributed by atoms with Gasteiger partial charge in [0.05, 0.1) is 24.7 Å². The maximum atomic E-state index is 12.3. The number of carbonyl (C=O) groups is 4. The number of thioether (sulfide) groups is 2. The van der Waals surface area contributed by atoms with Crippen molar-refractivity contribution < 1.29 is 42.5 Å². The van der Waals surface area contributed by atoms with E-state index in [2.05, 4.69) is 10.6 Å². The lowest BCUT2D eigenvalue weighted by Gasteiger charge is -2.18. The molecule has 1 rings (SSSR count). The van der Waals surface area contributed by atoms with Crippen molar-refractivity contribution in [1.29, 1.82) is 0 Å². The number of aliphatic carboxylic acids is 2. The Balaban J connectivity index is 2.32. The second-order valence-corrected chi connectivity index (χ2v) is 12.6. The van der Waals surface area contributed by atoms with E-state index < -0.39 is 52.2 Å². The molecule has 209 valence electrons. The SMILES string of the molecule is N[C@@H](CCC(=O)N[C@@H](CSCCS(=O)(=O)CCSCCOC[C]1[CH][CH][CH][CH]1)C(=O)NCC(=O)O)C(=O)O. The number of rotatable bonds is 21. The number of hydrogen-bond acceptors (Lipinski definition) is 10. The van der Waals surface area contributed by atoms with Crippen molar-refractivity contribution in [2.24, 2.45) is 5.73 Å². The highest BCUT2D eigenvalue weighted by molar-refractivity contribution is 8.02.